The number of pyridine rings is 1. The highest BCUT2D eigenvalue weighted by Crippen LogP contribution is 2.18. The van der Waals surface area contributed by atoms with Gasteiger partial charge in [0.25, 0.3) is 0 Å². The molecule has 0 fully saturated rings. The van der Waals surface area contributed by atoms with Crippen LogP contribution in [0.1, 0.15) is 37.8 Å². The SMILES string of the molecule is CCCC[C@@H](C#N)c1ccccn1. The summed E-state index contributed by atoms with van der Waals surface area (Å²) in [6.07, 6.45) is 4.88. The van der Waals surface area contributed by atoms with Crippen molar-refractivity contribution in [2.45, 2.75) is 32.1 Å². The molecule has 0 amide bonds. The quantitative estimate of drug-likeness (QED) is 0.703. The fourth-order valence-electron chi connectivity index (χ4n) is 1.27. The van der Waals surface area contributed by atoms with E-state index in [1.807, 2.05) is 18.2 Å². The number of unbranched alkanes of at least 4 members (excludes halogenated alkanes) is 1. The van der Waals surface area contributed by atoms with Gasteiger partial charge in [-0.15, -0.1) is 0 Å². The topological polar surface area (TPSA) is 36.7 Å². The Hall–Kier alpha value is -1.36. The fraction of sp³-hybridized carbons (Fsp3) is 0.455. The summed E-state index contributed by atoms with van der Waals surface area (Å²) < 4.78 is 0. The van der Waals surface area contributed by atoms with Crippen LogP contribution in [-0.4, -0.2) is 4.98 Å². The average Bonchev–Trinajstić information content (AvgIpc) is 2.21. The van der Waals surface area contributed by atoms with Crippen LogP contribution in [0.3, 0.4) is 0 Å². The van der Waals surface area contributed by atoms with E-state index in [1.165, 1.54) is 0 Å². The van der Waals surface area contributed by atoms with Crippen LogP contribution in [0.25, 0.3) is 0 Å². The van der Waals surface area contributed by atoms with E-state index in [9.17, 15) is 0 Å². The van der Waals surface area contributed by atoms with Crippen LogP contribution in [0.15, 0.2) is 24.4 Å². The van der Waals surface area contributed by atoms with Crippen LogP contribution in [0.4, 0.5) is 0 Å². The number of hydrogen-bond donors (Lipinski definition) is 0. The Morgan fingerprint density at radius 3 is 2.92 bits per heavy atom. The standard InChI is InChI=1S/C11H14N2/c1-2-3-6-10(9-12)11-7-4-5-8-13-11/h4-5,7-8,10H,2-3,6H2,1H3/t10-/m0/s1. The lowest BCUT2D eigenvalue weighted by Gasteiger charge is -2.06. The van der Waals surface area contributed by atoms with Crippen LogP contribution in [-0.2, 0) is 0 Å². The van der Waals surface area contributed by atoms with Gasteiger partial charge >= 0.3 is 0 Å². The van der Waals surface area contributed by atoms with E-state index in [0.717, 1.165) is 25.0 Å². The summed E-state index contributed by atoms with van der Waals surface area (Å²) in [6, 6.07) is 8.01. The second-order valence-electron chi connectivity index (χ2n) is 3.08. The fourth-order valence-corrected chi connectivity index (χ4v) is 1.27. The van der Waals surface area contributed by atoms with Gasteiger partial charge in [0.2, 0.25) is 0 Å². The van der Waals surface area contributed by atoms with Gasteiger partial charge < -0.3 is 0 Å². The van der Waals surface area contributed by atoms with E-state index in [-0.39, 0.29) is 5.92 Å². The van der Waals surface area contributed by atoms with Gasteiger partial charge in [-0.3, -0.25) is 4.98 Å². The molecule has 1 aromatic heterocycles. The molecular formula is C11H14N2. The lowest BCUT2D eigenvalue weighted by Crippen LogP contribution is -1.97. The maximum Gasteiger partial charge on any atom is 0.0884 e. The van der Waals surface area contributed by atoms with Crippen LogP contribution in [0.5, 0.6) is 0 Å². The lowest BCUT2D eigenvalue weighted by molar-refractivity contribution is 0.659. The Bertz CT molecular complexity index is 274. The Labute approximate surface area is 79.2 Å². The van der Waals surface area contributed by atoms with Crippen molar-refractivity contribution < 1.29 is 0 Å². The Morgan fingerprint density at radius 1 is 1.54 bits per heavy atom. The van der Waals surface area contributed by atoms with Gasteiger partial charge in [-0.1, -0.05) is 25.8 Å². The number of rotatable bonds is 4. The van der Waals surface area contributed by atoms with Gasteiger partial charge in [0.1, 0.15) is 0 Å². The molecule has 1 rings (SSSR count). The van der Waals surface area contributed by atoms with Crippen LogP contribution >= 0.6 is 0 Å². The Kier molecular flexibility index (Phi) is 3.98. The maximum atomic E-state index is 8.92. The lowest BCUT2D eigenvalue weighted by atomic mass is 10.00. The smallest absolute Gasteiger partial charge is 0.0884 e. The van der Waals surface area contributed by atoms with E-state index in [4.69, 9.17) is 5.26 Å². The van der Waals surface area contributed by atoms with Crippen LogP contribution in [0.2, 0.25) is 0 Å². The molecule has 0 aromatic carbocycles. The van der Waals surface area contributed by atoms with E-state index >= 15 is 0 Å². The predicted molar refractivity (Wildman–Crippen MR) is 52.1 cm³/mol. The molecule has 1 atom stereocenters. The zero-order chi connectivity index (χ0) is 9.52. The molecule has 0 bridgehead atoms. The minimum absolute atomic E-state index is 0.0267. The first-order valence-corrected chi connectivity index (χ1v) is 4.69. The van der Waals surface area contributed by atoms with Gasteiger partial charge in [0, 0.05) is 6.20 Å². The molecule has 0 aliphatic heterocycles. The molecule has 1 heterocycles. The van der Waals surface area contributed by atoms with Gasteiger partial charge in [0.05, 0.1) is 17.7 Å². The van der Waals surface area contributed by atoms with Crippen molar-refractivity contribution >= 4 is 0 Å². The molecule has 0 spiro atoms. The molecule has 68 valence electrons. The summed E-state index contributed by atoms with van der Waals surface area (Å²) >= 11 is 0. The Morgan fingerprint density at radius 2 is 2.38 bits per heavy atom. The highest BCUT2D eigenvalue weighted by Gasteiger charge is 2.09. The normalized spacial score (nSPS) is 12.0. The summed E-state index contributed by atoms with van der Waals surface area (Å²) in [5.41, 5.74) is 0.901. The van der Waals surface area contributed by atoms with Crippen molar-refractivity contribution in [1.82, 2.24) is 4.98 Å². The number of hydrogen-bond acceptors (Lipinski definition) is 2. The summed E-state index contributed by atoms with van der Waals surface area (Å²) in [6.45, 7) is 2.13. The van der Waals surface area contributed by atoms with E-state index < -0.39 is 0 Å². The van der Waals surface area contributed by atoms with E-state index in [1.54, 1.807) is 6.20 Å². The molecule has 1 aromatic rings. The van der Waals surface area contributed by atoms with Crippen molar-refractivity contribution in [3.05, 3.63) is 30.1 Å². The highest BCUT2D eigenvalue weighted by molar-refractivity contribution is 5.16. The molecule has 2 nitrogen and oxygen atoms in total. The third-order valence-electron chi connectivity index (χ3n) is 2.05. The third-order valence-corrected chi connectivity index (χ3v) is 2.05. The first-order valence-electron chi connectivity index (χ1n) is 4.69. The molecule has 0 N–H and O–H groups in total. The van der Waals surface area contributed by atoms with E-state index in [0.29, 0.717) is 0 Å². The zero-order valence-corrected chi connectivity index (χ0v) is 7.90. The van der Waals surface area contributed by atoms with Gasteiger partial charge in [0.15, 0.2) is 0 Å². The third kappa shape index (κ3) is 2.87. The predicted octanol–water partition coefficient (Wildman–Crippen LogP) is 2.88. The summed E-state index contributed by atoms with van der Waals surface area (Å²) in [5.74, 6) is -0.0267. The van der Waals surface area contributed by atoms with Crippen molar-refractivity contribution in [2.75, 3.05) is 0 Å². The zero-order valence-electron chi connectivity index (χ0n) is 7.90. The summed E-state index contributed by atoms with van der Waals surface area (Å²) in [5, 5.41) is 8.92. The Balaban J connectivity index is 2.63. The van der Waals surface area contributed by atoms with Crippen LogP contribution in [0, 0.1) is 11.3 Å². The van der Waals surface area contributed by atoms with E-state index in [2.05, 4.69) is 18.0 Å². The maximum absolute atomic E-state index is 8.92. The van der Waals surface area contributed by atoms with Crippen molar-refractivity contribution in [1.29, 1.82) is 5.26 Å². The molecule has 0 aliphatic rings. The van der Waals surface area contributed by atoms with Gasteiger partial charge in [-0.2, -0.15) is 5.26 Å². The van der Waals surface area contributed by atoms with Crippen LogP contribution < -0.4 is 0 Å². The van der Waals surface area contributed by atoms with Crippen molar-refractivity contribution in [2.24, 2.45) is 0 Å². The number of nitrogens with zero attached hydrogens (tertiary/aromatic N) is 2. The average molecular weight is 174 g/mol. The largest absolute Gasteiger partial charge is 0.260 e. The molecular weight excluding hydrogens is 160 g/mol. The summed E-state index contributed by atoms with van der Waals surface area (Å²) in [7, 11) is 0. The molecule has 0 radical (unpaired) electrons. The second kappa shape index (κ2) is 5.31. The molecule has 2 heteroatoms. The van der Waals surface area contributed by atoms with Crippen molar-refractivity contribution in [3.63, 3.8) is 0 Å². The van der Waals surface area contributed by atoms with Crippen molar-refractivity contribution in [3.8, 4) is 6.07 Å². The number of nitriles is 1. The first kappa shape index (κ1) is 9.73. The highest BCUT2D eigenvalue weighted by atomic mass is 14.7. The second-order valence-corrected chi connectivity index (χ2v) is 3.08. The minimum atomic E-state index is -0.0267. The monoisotopic (exact) mass is 174 g/mol. The van der Waals surface area contributed by atoms with Gasteiger partial charge in [-0.05, 0) is 18.6 Å². The number of aromatic nitrogens is 1. The molecule has 0 aliphatic carbocycles. The van der Waals surface area contributed by atoms with Gasteiger partial charge in [-0.25, -0.2) is 0 Å². The summed E-state index contributed by atoms with van der Waals surface area (Å²) in [4.78, 5) is 4.18. The minimum Gasteiger partial charge on any atom is -0.260 e. The molecule has 13 heavy (non-hydrogen) atoms. The molecule has 0 unspecified atom stereocenters. The molecule has 0 saturated carbocycles. The molecule has 0 saturated heterocycles. The first-order chi connectivity index (χ1) is 6.38.